The zero-order chi connectivity index (χ0) is 12.7. The van der Waals surface area contributed by atoms with E-state index in [0.29, 0.717) is 12.2 Å². The number of hydrogen-bond acceptors (Lipinski definition) is 5. The third-order valence-electron chi connectivity index (χ3n) is 3.57. The van der Waals surface area contributed by atoms with E-state index in [0.717, 1.165) is 17.3 Å². The Kier molecular flexibility index (Phi) is 3.23. The largest absolute Gasteiger partial charge is 0.359 e. The quantitative estimate of drug-likeness (QED) is 0.829. The molecule has 2 unspecified atom stereocenters. The molecule has 0 amide bonds. The Morgan fingerprint density at radius 2 is 2.18 bits per heavy atom. The van der Waals surface area contributed by atoms with Crippen LogP contribution in [0.15, 0.2) is 4.99 Å². The Morgan fingerprint density at radius 3 is 2.65 bits per heavy atom. The predicted molar refractivity (Wildman–Crippen MR) is 73.4 cm³/mol. The summed E-state index contributed by atoms with van der Waals surface area (Å²) in [6.45, 7) is 6.25. The number of nitrogens with one attached hydrogen (secondary N) is 1. The molecule has 0 saturated carbocycles. The fourth-order valence-corrected chi connectivity index (χ4v) is 5.56. The van der Waals surface area contributed by atoms with E-state index in [1.807, 2.05) is 6.92 Å². The standard InChI is InChI=1S/C11H20N2O2S2/c1-4-10(2)7-16-9(12-10)13-11(3)5-6-17(14,15)8-11/h4-8H2,1-3H3,(H,12,13). The van der Waals surface area contributed by atoms with Crippen molar-refractivity contribution in [3.05, 3.63) is 0 Å². The van der Waals surface area contributed by atoms with E-state index in [2.05, 4.69) is 24.2 Å². The first-order valence-corrected chi connectivity index (χ1v) is 8.78. The first-order chi connectivity index (χ1) is 7.76. The molecule has 2 atom stereocenters. The van der Waals surface area contributed by atoms with E-state index < -0.39 is 9.84 Å². The molecule has 1 fully saturated rings. The fraction of sp³-hybridized carbons (Fsp3) is 0.909. The number of sulfone groups is 1. The van der Waals surface area contributed by atoms with Crippen molar-refractivity contribution in [2.75, 3.05) is 17.3 Å². The van der Waals surface area contributed by atoms with Gasteiger partial charge in [-0.15, -0.1) is 0 Å². The van der Waals surface area contributed by atoms with Crippen LogP contribution in [0.25, 0.3) is 0 Å². The van der Waals surface area contributed by atoms with Gasteiger partial charge in [-0.25, -0.2) is 8.42 Å². The average Bonchev–Trinajstić information content (AvgIpc) is 2.69. The van der Waals surface area contributed by atoms with E-state index in [1.54, 1.807) is 11.8 Å². The van der Waals surface area contributed by atoms with Crippen LogP contribution in [-0.4, -0.2) is 41.9 Å². The number of hydrogen-bond donors (Lipinski definition) is 1. The molecular weight excluding hydrogens is 256 g/mol. The molecule has 0 bridgehead atoms. The maximum absolute atomic E-state index is 11.5. The number of nitrogens with zero attached hydrogens (tertiary/aromatic N) is 1. The lowest BCUT2D eigenvalue weighted by molar-refractivity contribution is 0.468. The topological polar surface area (TPSA) is 58.5 Å². The number of rotatable bonds is 2. The summed E-state index contributed by atoms with van der Waals surface area (Å²) in [7, 11) is -2.86. The minimum Gasteiger partial charge on any atom is -0.359 e. The monoisotopic (exact) mass is 276 g/mol. The lowest BCUT2D eigenvalue weighted by atomic mass is 10.0. The average molecular weight is 276 g/mol. The molecular formula is C11H20N2O2S2. The Balaban J connectivity index is 2.06. The summed E-state index contributed by atoms with van der Waals surface area (Å²) in [5, 5.41) is 4.24. The summed E-state index contributed by atoms with van der Waals surface area (Å²) in [6.07, 6.45) is 1.69. The molecule has 1 N–H and O–H groups in total. The summed E-state index contributed by atoms with van der Waals surface area (Å²) in [6, 6.07) is 0. The van der Waals surface area contributed by atoms with Crippen molar-refractivity contribution in [1.29, 1.82) is 0 Å². The Hall–Kier alpha value is -0.230. The van der Waals surface area contributed by atoms with Crippen LogP contribution in [0.2, 0.25) is 0 Å². The first-order valence-electron chi connectivity index (χ1n) is 5.97. The summed E-state index contributed by atoms with van der Waals surface area (Å²) in [5.74, 6) is 1.50. The van der Waals surface area contributed by atoms with Crippen LogP contribution in [0.1, 0.15) is 33.6 Å². The maximum Gasteiger partial charge on any atom is 0.157 e. The third kappa shape index (κ3) is 2.96. The Bertz CT molecular complexity index is 446. The zero-order valence-corrected chi connectivity index (χ0v) is 12.2. The minimum atomic E-state index is -2.86. The number of amidine groups is 1. The Labute approximate surface area is 108 Å². The minimum absolute atomic E-state index is 0.0147. The smallest absolute Gasteiger partial charge is 0.157 e. The van der Waals surface area contributed by atoms with Gasteiger partial charge in [0.1, 0.15) is 0 Å². The van der Waals surface area contributed by atoms with Gasteiger partial charge in [0.25, 0.3) is 0 Å². The van der Waals surface area contributed by atoms with Gasteiger partial charge in [0, 0.05) is 5.75 Å². The van der Waals surface area contributed by atoms with E-state index in [4.69, 9.17) is 0 Å². The number of aliphatic imine (C=N–C) groups is 1. The van der Waals surface area contributed by atoms with Crippen LogP contribution in [0.3, 0.4) is 0 Å². The van der Waals surface area contributed by atoms with Crippen LogP contribution < -0.4 is 5.32 Å². The molecule has 2 rings (SSSR count). The zero-order valence-electron chi connectivity index (χ0n) is 10.6. The molecule has 0 aliphatic carbocycles. The van der Waals surface area contributed by atoms with Crippen molar-refractivity contribution in [1.82, 2.24) is 5.32 Å². The van der Waals surface area contributed by atoms with Crippen LogP contribution in [0.5, 0.6) is 0 Å². The third-order valence-corrected chi connectivity index (χ3v) is 6.70. The predicted octanol–water partition coefficient (Wildman–Crippen LogP) is 1.42. The molecule has 0 aromatic heterocycles. The van der Waals surface area contributed by atoms with Crippen LogP contribution in [0.4, 0.5) is 0 Å². The summed E-state index contributed by atoms with van der Waals surface area (Å²) in [5.41, 5.74) is -0.315. The van der Waals surface area contributed by atoms with E-state index in [1.165, 1.54) is 0 Å². The van der Waals surface area contributed by atoms with Crippen LogP contribution in [-0.2, 0) is 9.84 Å². The first kappa shape index (κ1) is 13.2. The molecule has 2 aliphatic rings. The highest BCUT2D eigenvalue weighted by atomic mass is 32.2. The second-order valence-corrected chi connectivity index (χ2v) is 8.73. The highest BCUT2D eigenvalue weighted by molar-refractivity contribution is 8.14. The van der Waals surface area contributed by atoms with Crippen molar-refractivity contribution in [2.24, 2.45) is 4.99 Å². The van der Waals surface area contributed by atoms with Gasteiger partial charge < -0.3 is 5.32 Å². The van der Waals surface area contributed by atoms with Gasteiger partial charge in [-0.05, 0) is 26.7 Å². The summed E-state index contributed by atoms with van der Waals surface area (Å²) < 4.78 is 23.0. The van der Waals surface area contributed by atoms with Crippen molar-refractivity contribution in [3.63, 3.8) is 0 Å². The van der Waals surface area contributed by atoms with E-state index in [9.17, 15) is 8.42 Å². The molecule has 98 valence electrons. The fourth-order valence-electron chi connectivity index (χ4n) is 2.15. The lowest BCUT2D eigenvalue weighted by Crippen LogP contribution is -2.45. The highest BCUT2D eigenvalue weighted by Crippen LogP contribution is 2.31. The highest BCUT2D eigenvalue weighted by Gasteiger charge is 2.40. The van der Waals surface area contributed by atoms with Crippen molar-refractivity contribution < 1.29 is 8.42 Å². The number of thioether (sulfide) groups is 1. The summed E-state index contributed by atoms with van der Waals surface area (Å²) in [4.78, 5) is 4.67. The molecule has 0 radical (unpaired) electrons. The van der Waals surface area contributed by atoms with Gasteiger partial charge in [-0.3, -0.25) is 4.99 Å². The SMILES string of the molecule is CCC1(C)CSC(NC2(C)CCS(=O)(=O)C2)=N1. The molecule has 0 aromatic rings. The van der Waals surface area contributed by atoms with Crippen molar-refractivity contribution in [3.8, 4) is 0 Å². The maximum atomic E-state index is 11.5. The molecule has 0 spiro atoms. The van der Waals surface area contributed by atoms with Gasteiger partial charge in [0.2, 0.25) is 0 Å². The summed E-state index contributed by atoms with van der Waals surface area (Å²) >= 11 is 1.70. The van der Waals surface area contributed by atoms with Crippen LogP contribution in [0, 0.1) is 0 Å². The van der Waals surface area contributed by atoms with Gasteiger partial charge >= 0.3 is 0 Å². The second-order valence-electron chi connectivity index (χ2n) is 5.58. The lowest BCUT2D eigenvalue weighted by Gasteiger charge is -2.24. The molecule has 17 heavy (non-hydrogen) atoms. The molecule has 2 heterocycles. The van der Waals surface area contributed by atoms with E-state index >= 15 is 0 Å². The second kappa shape index (κ2) is 4.16. The molecule has 6 heteroatoms. The van der Waals surface area contributed by atoms with Gasteiger partial charge in [0.05, 0.1) is 22.6 Å². The van der Waals surface area contributed by atoms with Crippen molar-refractivity contribution >= 4 is 26.8 Å². The van der Waals surface area contributed by atoms with Crippen molar-refractivity contribution in [2.45, 2.75) is 44.7 Å². The van der Waals surface area contributed by atoms with Gasteiger partial charge in [-0.1, -0.05) is 18.7 Å². The molecule has 1 saturated heterocycles. The molecule has 0 aromatic carbocycles. The van der Waals surface area contributed by atoms with Gasteiger partial charge in [0.15, 0.2) is 15.0 Å². The Morgan fingerprint density at radius 1 is 1.47 bits per heavy atom. The molecule has 4 nitrogen and oxygen atoms in total. The molecule has 2 aliphatic heterocycles. The van der Waals surface area contributed by atoms with Gasteiger partial charge in [-0.2, -0.15) is 0 Å². The normalized spacial score (nSPS) is 40.3. The van der Waals surface area contributed by atoms with E-state index in [-0.39, 0.29) is 16.8 Å². The van der Waals surface area contributed by atoms with Crippen LogP contribution >= 0.6 is 11.8 Å².